The minimum atomic E-state index is -0.618. The van der Waals surface area contributed by atoms with Gasteiger partial charge in [-0.3, -0.25) is 9.13 Å². The molecule has 28 heavy (non-hydrogen) atoms. The molecule has 0 radical (unpaired) electrons. The third kappa shape index (κ3) is 3.66. The second kappa shape index (κ2) is 8.31. The van der Waals surface area contributed by atoms with Gasteiger partial charge in [0.25, 0.3) is 0 Å². The van der Waals surface area contributed by atoms with E-state index in [4.69, 9.17) is 14.7 Å². The molecule has 7 nitrogen and oxygen atoms in total. The number of aromatic nitrogens is 2. The average molecular weight is 444 g/mol. The summed E-state index contributed by atoms with van der Waals surface area (Å²) >= 11 is 3.31. The first-order valence-electron chi connectivity index (χ1n) is 8.75. The molecule has 0 atom stereocenters. The second-order valence-electron chi connectivity index (χ2n) is 5.91. The molecule has 0 aliphatic heterocycles. The summed E-state index contributed by atoms with van der Waals surface area (Å²) in [6, 6.07) is 12.4. The zero-order valence-electron chi connectivity index (χ0n) is 15.4. The maximum absolute atomic E-state index is 12.7. The fourth-order valence-electron chi connectivity index (χ4n) is 3.00. The maximum Gasteiger partial charge on any atom is 0.331 e. The fourth-order valence-corrected chi connectivity index (χ4v) is 3.52. The van der Waals surface area contributed by atoms with E-state index in [-0.39, 0.29) is 23.7 Å². The summed E-state index contributed by atoms with van der Waals surface area (Å²) in [6.07, 6.45) is 0. The van der Waals surface area contributed by atoms with E-state index >= 15 is 0 Å². The lowest BCUT2D eigenvalue weighted by atomic mass is 10.2. The number of nitriles is 1. The molecular formula is C20H18BrN3O4. The minimum Gasteiger partial charge on any atom is -0.490 e. The molecule has 0 N–H and O–H groups in total. The van der Waals surface area contributed by atoms with E-state index in [1.165, 1.54) is 10.6 Å². The number of ether oxygens (including phenoxy) is 2. The molecular weight excluding hydrogens is 426 g/mol. The van der Waals surface area contributed by atoms with Gasteiger partial charge in [0.05, 0.1) is 33.7 Å². The van der Waals surface area contributed by atoms with Gasteiger partial charge in [-0.1, -0.05) is 12.1 Å². The summed E-state index contributed by atoms with van der Waals surface area (Å²) < 4.78 is 14.4. The standard InChI is InChI=1S/C20H18BrN3O4/c1-3-23-15-7-5-6-8-16(15)24(20(23)26)12-18(25)28-19-14(21)9-13(11-22)10-17(19)27-4-2/h5-10H,3-4,12H2,1-2H3. The topological polar surface area (TPSA) is 86.2 Å². The highest BCUT2D eigenvalue weighted by molar-refractivity contribution is 9.10. The Kier molecular flexibility index (Phi) is 5.85. The van der Waals surface area contributed by atoms with Gasteiger partial charge in [-0.25, -0.2) is 9.59 Å². The van der Waals surface area contributed by atoms with Crippen LogP contribution in [0.2, 0.25) is 0 Å². The van der Waals surface area contributed by atoms with E-state index in [2.05, 4.69) is 15.9 Å². The van der Waals surface area contributed by atoms with Crippen LogP contribution in [0.3, 0.4) is 0 Å². The molecule has 2 aromatic carbocycles. The number of carbonyl (C=O) groups excluding carboxylic acids is 1. The van der Waals surface area contributed by atoms with E-state index in [0.717, 1.165) is 5.52 Å². The molecule has 0 saturated carbocycles. The highest BCUT2D eigenvalue weighted by Crippen LogP contribution is 2.37. The molecule has 0 amide bonds. The number of esters is 1. The lowest BCUT2D eigenvalue weighted by Crippen LogP contribution is -2.28. The van der Waals surface area contributed by atoms with Crippen molar-refractivity contribution in [2.45, 2.75) is 26.9 Å². The van der Waals surface area contributed by atoms with Crippen molar-refractivity contribution >= 4 is 32.9 Å². The molecule has 3 rings (SSSR count). The van der Waals surface area contributed by atoms with Gasteiger partial charge < -0.3 is 9.47 Å². The molecule has 144 valence electrons. The first-order valence-corrected chi connectivity index (χ1v) is 9.54. The zero-order valence-corrected chi connectivity index (χ0v) is 17.0. The normalized spacial score (nSPS) is 10.6. The third-order valence-electron chi connectivity index (χ3n) is 4.18. The summed E-state index contributed by atoms with van der Waals surface area (Å²) in [6.45, 7) is 4.26. The number of aryl methyl sites for hydroxylation is 1. The van der Waals surface area contributed by atoms with Crippen molar-refractivity contribution in [1.82, 2.24) is 9.13 Å². The molecule has 0 saturated heterocycles. The second-order valence-corrected chi connectivity index (χ2v) is 6.76. The third-order valence-corrected chi connectivity index (χ3v) is 4.77. The number of rotatable bonds is 6. The zero-order chi connectivity index (χ0) is 20.3. The average Bonchev–Trinajstić information content (AvgIpc) is 2.95. The number of nitrogens with zero attached hydrogens (tertiary/aromatic N) is 3. The molecule has 1 heterocycles. The van der Waals surface area contributed by atoms with Crippen LogP contribution in [0, 0.1) is 11.3 Å². The van der Waals surface area contributed by atoms with Gasteiger partial charge in [0.1, 0.15) is 6.54 Å². The van der Waals surface area contributed by atoms with E-state index in [1.54, 1.807) is 23.6 Å². The first-order chi connectivity index (χ1) is 13.5. The Morgan fingerprint density at radius 2 is 1.86 bits per heavy atom. The Labute approximate surface area is 169 Å². The molecule has 0 bridgehead atoms. The van der Waals surface area contributed by atoms with Crippen molar-refractivity contribution in [3.63, 3.8) is 0 Å². The molecule has 0 fully saturated rings. The molecule has 0 unspecified atom stereocenters. The van der Waals surface area contributed by atoms with E-state index in [9.17, 15) is 9.59 Å². The Morgan fingerprint density at radius 3 is 2.46 bits per heavy atom. The van der Waals surface area contributed by atoms with Gasteiger partial charge in [0.2, 0.25) is 0 Å². The highest BCUT2D eigenvalue weighted by atomic mass is 79.9. The number of benzene rings is 2. The van der Waals surface area contributed by atoms with Crippen LogP contribution in [-0.4, -0.2) is 21.7 Å². The number of para-hydroxylation sites is 2. The van der Waals surface area contributed by atoms with Gasteiger partial charge in [-0.2, -0.15) is 5.26 Å². The van der Waals surface area contributed by atoms with Crippen molar-refractivity contribution in [1.29, 1.82) is 5.26 Å². The number of hydrogen-bond acceptors (Lipinski definition) is 5. The number of hydrogen-bond donors (Lipinski definition) is 0. The Morgan fingerprint density at radius 1 is 1.18 bits per heavy atom. The summed E-state index contributed by atoms with van der Waals surface area (Å²) in [5.41, 5.74) is 1.52. The monoisotopic (exact) mass is 443 g/mol. The van der Waals surface area contributed by atoms with Crippen molar-refractivity contribution in [3.8, 4) is 17.6 Å². The summed E-state index contributed by atoms with van der Waals surface area (Å²) in [4.78, 5) is 25.3. The molecule has 0 aliphatic rings. The number of imidazole rings is 1. The van der Waals surface area contributed by atoms with Gasteiger partial charge in [0.15, 0.2) is 11.5 Å². The highest BCUT2D eigenvalue weighted by Gasteiger charge is 2.19. The van der Waals surface area contributed by atoms with Crippen molar-refractivity contribution in [3.05, 3.63) is 56.9 Å². The van der Waals surface area contributed by atoms with Gasteiger partial charge in [-0.15, -0.1) is 0 Å². The van der Waals surface area contributed by atoms with Crippen LogP contribution in [0.4, 0.5) is 0 Å². The lowest BCUT2D eigenvalue weighted by Gasteiger charge is -2.13. The van der Waals surface area contributed by atoms with E-state index in [0.29, 0.717) is 28.7 Å². The number of halogens is 1. The van der Waals surface area contributed by atoms with Crippen molar-refractivity contribution < 1.29 is 14.3 Å². The minimum absolute atomic E-state index is 0.179. The Hall–Kier alpha value is -3.05. The largest absolute Gasteiger partial charge is 0.490 e. The van der Waals surface area contributed by atoms with E-state index in [1.807, 2.05) is 31.2 Å². The Bertz CT molecular complexity index is 1140. The SMILES string of the molecule is CCOc1cc(C#N)cc(Br)c1OC(=O)Cn1c(=O)n(CC)c2ccccc21. The van der Waals surface area contributed by atoms with Gasteiger partial charge >= 0.3 is 11.7 Å². The smallest absolute Gasteiger partial charge is 0.331 e. The maximum atomic E-state index is 12.7. The Balaban J connectivity index is 1.94. The summed E-state index contributed by atoms with van der Waals surface area (Å²) in [5.74, 6) is -0.157. The quantitative estimate of drug-likeness (QED) is 0.430. The van der Waals surface area contributed by atoms with Crippen LogP contribution in [-0.2, 0) is 17.9 Å². The van der Waals surface area contributed by atoms with Gasteiger partial charge in [0, 0.05) is 12.6 Å². The molecule has 0 spiro atoms. The van der Waals surface area contributed by atoms with Crippen LogP contribution in [0.1, 0.15) is 19.4 Å². The first kappa shape index (κ1) is 19.7. The van der Waals surface area contributed by atoms with Crippen LogP contribution >= 0.6 is 15.9 Å². The molecule has 1 aromatic heterocycles. The summed E-state index contributed by atoms with van der Waals surface area (Å²) in [5, 5.41) is 9.10. The molecule has 0 aliphatic carbocycles. The number of carbonyl (C=O) groups is 1. The molecule has 8 heteroatoms. The summed E-state index contributed by atoms with van der Waals surface area (Å²) in [7, 11) is 0. The predicted molar refractivity (Wildman–Crippen MR) is 108 cm³/mol. The van der Waals surface area contributed by atoms with Crippen LogP contribution < -0.4 is 15.2 Å². The van der Waals surface area contributed by atoms with E-state index < -0.39 is 5.97 Å². The van der Waals surface area contributed by atoms with Crippen LogP contribution in [0.15, 0.2) is 45.7 Å². The predicted octanol–water partition coefficient (Wildman–Crippen LogP) is 3.46. The number of fused-ring (bicyclic) bond motifs is 1. The van der Waals surface area contributed by atoms with Crippen LogP contribution in [0.25, 0.3) is 11.0 Å². The van der Waals surface area contributed by atoms with Crippen LogP contribution in [0.5, 0.6) is 11.5 Å². The molecule has 3 aromatic rings. The van der Waals surface area contributed by atoms with Crippen molar-refractivity contribution in [2.24, 2.45) is 0 Å². The lowest BCUT2D eigenvalue weighted by molar-refractivity contribution is -0.135. The van der Waals surface area contributed by atoms with Gasteiger partial charge in [-0.05, 0) is 48.0 Å². The van der Waals surface area contributed by atoms with Crippen molar-refractivity contribution in [2.75, 3.05) is 6.61 Å². The fraction of sp³-hybridized carbons (Fsp3) is 0.250.